The minimum Gasteiger partial charge on any atom is -0.443 e. The molecule has 0 aromatic heterocycles. The Bertz CT molecular complexity index is 379. The van der Waals surface area contributed by atoms with Crippen LogP contribution in [0.3, 0.4) is 0 Å². The lowest BCUT2D eigenvalue weighted by Gasteiger charge is -2.16. The number of amides is 3. The molecule has 0 aromatic carbocycles. The number of alkyl halides is 1. The zero-order valence-corrected chi connectivity index (χ0v) is 12.1. The number of halogens is 1. The third kappa shape index (κ3) is 5.52. The second-order valence-electron chi connectivity index (χ2n) is 4.39. The Hall–Kier alpha value is -1.70. The molecule has 9 heteroatoms. The molecule has 0 bridgehead atoms. The van der Waals surface area contributed by atoms with Crippen molar-refractivity contribution in [2.24, 2.45) is 0 Å². The van der Waals surface area contributed by atoms with Crippen molar-refractivity contribution in [3.8, 4) is 0 Å². The highest BCUT2D eigenvalue weighted by atomic mass is 35.5. The fraction of sp³-hybridized carbons (Fsp3) is 0.727. The normalized spacial score (nSPS) is 19.2. The van der Waals surface area contributed by atoms with Gasteiger partial charge >= 0.3 is 12.2 Å². The van der Waals surface area contributed by atoms with Gasteiger partial charge in [-0.1, -0.05) is 0 Å². The van der Waals surface area contributed by atoms with Crippen LogP contribution in [-0.4, -0.2) is 67.8 Å². The average Bonchev–Trinajstić information content (AvgIpc) is 2.71. The van der Waals surface area contributed by atoms with E-state index in [2.05, 4.69) is 10.6 Å². The number of hydrogen-bond donors (Lipinski definition) is 2. The molecule has 1 heterocycles. The maximum atomic E-state index is 11.5. The lowest BCUT2D eigenvalue weighted by molar-refractivity contribution is -0.119. The lowest BCUT2D eigenvalue weighted by atomic mass is 10.3. The topological polar surface area (TPSA) is 97.0 Å². The third-order valence-corrected chi connectivity index (χ3v) is 2.90. The van der Waals surface area contributed by atoms with E-state index in [9.17, 15) is 14.4 Å². The van der Waals surface area contributed by atoms with Crippen molar-refractivity contribution in [1.82, 2.24) is 15.5 Å². The van der Waals surface area contributed by atoms with Crippen LogP contribution in [0, 0.1) is 0 Å². The summed E-state index contributed by atoms with van der Waals surface area (Å²) in [5.74, 6) is -0.167. The van der Waals surface area contributed by atoms with Gasteiger partial charge in [0.05, 0.1) is 25.5 Å². The van der Waals surface area contributed by atoms with Crippen molar-refractivity contribution in [3.05, 3.63) is 0 Å². The molecule has 2 N–H and O–H groups in total. The van der Waals surface area contributed by atoms with Crippen molar-refractivity contribution in [2.75, 3.05) is 32.6 Å². The molecule has 2 atom stereocenters. The predicted octanol–water partition coefficient (Wildman–Crippen LogP) is -0.0933. The molecule has 8 nitrogen and oxygen atoms in total. The van der Waals surface area contributed by atoms with Crippen molar-refractivity contribution < 1.29 is 23.9 Å². The van der Waals surface area contributed by atoms with Crippen molar-refractivity contribution in [2.45, 2.75) is 19.1 Å². The van der Waals surface area contributed by atoms with Crippen molar-refractivity contribution in [3.63, 3.8) is 0 Å². The summed E-state index contributed by atoms with van der Waals surface area (Å²) >= 11 is 5.63. The van der Waals surface area contributed by atoms with Crippen LogP contribution in [0.5, 0.6) is 0 Å². The molecule has 1 aliphatic heterocycles. The zero-order chi connectivity index (χ0) is 15.1. The van der Waals surface area contributed by atoms with E-state index in [0.717, 1.165) is 0 Å². The van der Waals surface area contributed by atoms with Crippen LogP contribution in [0.25, 0.3) is 0 Å². The summed E-state index contributed by atoms with van der Waals surface area (Å²) in [6.45, 7) is 2.07. The molecule has 20 heavy (non-hydrogen) atoms. The minimum atomic E-state index is -0.674. The number of ether oxygens (including phenoxy) is 2. The van der Waals surface area contributed by atoms with Gasteiger partial charge in [-0.15, -0.1) is 11.6 Å². The van der Waals surface area contributed by atoms with Crippen LogP contribution in [0.1, 0.15) is 6.92 Å². The first-order chi connectivity index (χ1) is 9.42. The number of nitrogens with zero attached hydrogens (tertiary/aromatic N) is 1. The van der Waals surface area contributed by atoms with Crippen LogP contribution in [-0.2, 0) is 14.3 Å². The highest BCUT2D eigenvalue weighted by Gasteiger charge is 2.28. The predicted molar refractivity (Wildman–Crippen MR) is 70.6 cm³/mol. The number of hydrogen-bond acceptors (Lipinski definition) is 5. The van der Waals surface area contributed by atoms with Gasteiger partial charge in [-0.2, -0.15) is 0 Å². The van der Waals surface area contributed by atoms with E-state index >= 15 is 0 Å². The van der Waals surface area contributed by atoms with E-state index < -0.39 is 24.4 Å². The standard InChI is InChI=1S/C11H18ClN3O5/c1-7(16)13-4-8(3-12)19-10(17)14-5-9-6-15(2)11(18)20-9/h8-9H,3-6H2,1-2H3,(H,13,16)(H,14,17)/t8?,9-/m0/s1. The summed E-state index contributed by atoms with van der Waals surface area (Å²) in [5.41, 5.74) is 0. The maximum Gasteiger partial charge on any atom is 0.410 e. The quantitative estimate of drug-likeness (QED) is 0.668. The molecule has 3 amide bonds. The van der Waals surface area contributed by atoms with Gasteiger partial charge in [0.2, 0.25) is 5.91 Å². The third-order valence-electron chi connectivity index (χ3n) is 2.56. The van der Waals surface area contributed by atoms with E-state index in [1.54, 1.807) is 7.05 Å². The molecule has 0 spiro atoms. The molecular weight excluding hydrogens is 290 g/mol. The summed E-state index contributed by atoms with van der Waals surface area (Å²) in [6, 6.07) is 0. The van der Waals surface area contributed by atoms with Crippen LogP contribution >= 0.6 is 11.6 Å². The summed E-state index contributed by atoms with van der Waals surface area (Å²) < 4.78 is 9.98. The van der Waals surface area contributed by atoms with E-state index in [1.807, 2.05) is 0 Å². The SMILES string of the molecule is CC(=O)NCC(CCl)OC(=O)NC[C@H]1CN(C)C(=O)O1. The van der Waals surface area contributed by atoms with Gasteiger partial charge in [0.15, 0.2) is 0 Å². The minimum absolute atomic E-state index is 0.0643. The van der Waals surface area contributed by atoms with E-state index in [4.69, 9.17) is 21.1 Å². The van der Waals surface area contributed by atoms with Crippen LogP contribution in [0.2, 0.25) is 0 Å². The molecule has 0 aromatic rings. The van der Waals surface area contributed by atoms with Gasteiger partial charge in [-0.25, -0.2) is 9.59 Å². The smallest absolute Gasteiger partial charge is 0.410 e. The maximum absolute atomic E-state index is 11.5. The van der Waals surface area contributed by atoms with E-state index in [1.165, 1.54) is 11.8 Å². The molecule has 1 unspecified atom stereocenters. The number of alkyl carbamates (subject to hydrolysis) is 1. The van der Waals surface area contributed by atoms with Crippen LogP contribution in [0.4, 0.5) is 9.59 Å². The molecule has 0 aliphatic carbocycles. The second-order valence-corrected chi connectivity index (χ2v) is 4.69. The van der Waals surface area contributed by atoms with Crippen LogP contribution < -0.4 is 10.6 Å². The highest BCUT2D eigenvalue weighted by molar-refractivity contribution is 6.18. The first kappa shape index (κ1) is 16.4. The molecule has 1 aliphatic rings. The van der Waals surface area contributed by atoms with E-state index in [-0.39, 0.29) is 24.9 Å². The summed E-state index contributed by atoms with van der Waals surface area (Å²) in [4.78, 5) is 34.8. The molecule has 1 rings (SSSR count). The Morgan fingerprint density at radius 1 is 1.55 bits per heavy atom. The molecular formula is C11H18ClN3O5. The monoisotopic (exact) mass is 307 g/mol. The first-order valence-electron chi connectivity index (χ1n) is 6.09. The fourth-order valence-corrected chi connectivity index (χ4v) is 1.70. The van der Waals surface area contributed by atoms with Crippen molar-refractivity contribution >= 4 is 29.7 Å². The average molecular weight is 308 g/mol. The van der Waals surface area contributed by atoms with Gasteiger partial charge in [0, 0.05) is 14.0 Å². The summed E-state index contributed by atoms with van der Waals surface area (Å²) in [7, 11) is 1.61. The number of nitrogens with one attached hydrogen (secondary N) is 2. The number of rotatable bonds is 6. The van der Waals surface area contributed by atoms with E-state index in [0.29, 0.717) is 6.54 Å². The molecule has 0 saturated carbocycles. The Labute approximate surface area is 121 Å². The van der Waals surface area contributed by atoms with Gasteiger partial charge in [0.1, 0.15) is 12.2 Å². The number of cyclic esters (lactones) is 1. The van der Waals surface area contributed by atoms with Gasteiger partial charge in [-0.05, 0) is 0 Å². The molecule has 1 saturated heterocycles. The Morgan fingerprint density at radius 2 is 2.25 bits per heavy atom. The Balaban J connectivity index is 2.25. The summed E-state index contributed by atoms with van der Waals surface area (Å²) in [6.07, 6.45) is -2.11. The van der Waals surface area contributed by atoms with Gasteiger partial charge in [0.25, 0.3) is 0 Å². The zero-order valence-electron chi connectivity index (χ0n) is 11.3. The van der Waals surface area contributed by atoms with Gasteiger partial charge in [-0.3, -0.25) is 4.79 Å². The molecule has 0 radical (unpaired) electrons. The summed E-state index contributed by atoms with van der Waals surface area (Å²) in [5, 5.41) is 4.99. The number of carbonyl (C=O) groups is 3. The van der Waals surface area contributed by atoms with Crippen molar-refractivity contribution in [1.29, 1.82) is 0 Å². The second kappa shape index (κ2) is 7.78. The largest absolute Gasteiger partial charge is 0.443 e. The molecule has 1 fully saturated rings. The van der Waals surface area contributed by atoms with Gasteiger partial charge < -0.3 is 25.0 Å². The first-order valence-corrected chi connectivity index (χ1v) is 6.62. The Morgan fingerprint density at radius 3 is 2.75 bits per heavy atom. The molecule has 114 valence electrons. The van der Waals surface area contributed by atoms with Crippen LogP contribution in [0.15, 0.2) is 0 Å². The number of carbonyl (C=O) groups excluding carboxylic acids is 3. The lowest BCUT2D eigenvalue weighted by Crippen LogP contribution is -2.40. The highest BCUT2D eigenvalue weighted by Crippen LogP contribution is 2.07. The fourth-order valence-electron chi connectivity index (χ4n) is 1.53. The Kier molecular flexibility index (Phi) is 6.37. The number of likely N-dealkylation sites (N-methyl/N-ethyl adjacent to an activating group) is 1.